The van der Waals surface area contributed by atoms with Crippen molar-refractivity contribution in [3.05, 3.63) is 71.4 Å². The number of anilines is 1. The van der Waals surface area contributed by atoms with Crippen molar-refractivity contribution < 1.29 is 45.3 Å². The number of hydrogen-bond donors (Lipinski definition) is 1. The number of aryl methyl sites for hydroxylation is 2. The minimum absolute atomic E-state index is 0. The third kappa shape index (κ3) is 4.91. The third-order valence-corrected chi connectivity index (χ3v) is 6.75. The molecule has 1 N–H and O–H groups in total. The number of rotatable bonds is 6. The van der Waals surface area contributed by atoms with Crippen LogP contribution in [0.4, 0.5) is 5.69 Å². The molecule has 3 aromatic carbocycles. The first-order valence-corrected chi connectivity index (χ1v) is 12.1. The molecule has 0 saturated carbocycles. The Kier molecular flexibility index (Phi) is 7.13. The number of hydrogen-bond acceptors (Lipinski definition) is 5. The van der Waals surface area contributed by atoms with Crippen LogP contribution >= 0.6 is 11.6 Å². The molecule has 1 aromatic heterocycles. The van der Waals surface area contributed by atoms with Gasteiger partial charge in [-0.15, -0.1) is 0 Å². The quantitative estimate of drug-likeness (QED) is 0.353. The highest BCUT2D eigenvalue weighted by atomic mass is 79.9. The summed E-state index contributed by atoms with van der Waals surface area (Å²) in [5, 5.41) is 5.43. The molecule has 7 nitrogen and oxygen atoms in total. The van der Waals surface area contributed by atoms with Gasteiger partial charge in [0.2, 0.25) is 18.4 Å². The van der Waals surface area contributed by atoms with Gasteiger partial charge in [0.15, 0.2) is 35.7 Å². The first-order valence-electron chi connectivity index (χ1n) is 11.7. The Hall–Kier alpha value is -3.49. The molecule has 190 valence electrons. The van der Waals surface area contributed by atoms with E-state index < -0.39 is 0 Å². The molecule has 0 fully saturated rings. The monoisotopic (exact) mass is 582 g/mol. The number of carbonyl (C=O) groups excluding carboxylic acids is 1. The maximum atomic E-state index is 12.4. The fourth-order valence-corrected chi connectivity index (χ4v) is 4.84. The molecule has 6 rings (SSSR count). The summed E-state index contributed by atoms with van der Waals surface area (Å²) in [6.45, 7) is 1.30. The van der Waals surface area contributed by atoms with E-state index in [1.807, 2.05) is 12.1 Å². The Bertz CT molecular complexity index is 1490. The number of carbonyl (C=O) groups is 1. The zero-order chi connectivity index (χ0) is 24.6. The van der Waals surface area contributed by atoms with E-state index in [0.717, 1.165) is 46.5 Å². The number of benzene rings is 3. The number of methoxy groups -OCH3 is 1. The van der Waals surface area contributed by atoms with Crippen molar-refractivity contribution in [1.29, 1.82) is 0 Å². The van der Waals surface area contributed by atoms with E-state index >= 15 is 0 Å². The standard InChI is InChI=1S/C28H23ClN2O5.BrH/c1-33-24-7-2-17-12-23-21-14-26-25(35-16-36-26)13-18(21)8-10-31(23)15-22(17)28(24)34-11-9-27(32)30-20-5-3-19(29)4-6-20;/h2-7,12-15H,8-11,16H2,1H3;1H. The first-order chi connectivity index (χ1) is 17.6. The number of nitrogens with one attached hydrogen (secondary N) is 1. The predicted octanol–water partition coefficient (Wildman–Crippen LogP) is 2.15. The fourth-order valence-electron chi connectivity index (χ4n) is 4.71. The summed E-state index contributed by atoms with van der Waals surface area (Å²) in [7, 11) is 1.62. The molecule has 0 saturated heterocycles. The normalized spacial score (nSPS) is 12.8. The molecule has 0 radical (unpaired) electrons. The van der Waals surface area contributed by atoms with Gasteiger partial charge < -0.3 is 41.2 Å². The Balaban J connectivity index is 0.00000280. The molecule has 37 heavy (non-hydrogen) atoms. The van der Waals surface area contributed by atoms with Gasteiger partial charge in [-0.25, -0.2) is 0 Å². The molecule has 0 aliphatic carbocycles. The van der Waals surface area contributed by atoms with Gasteiger partial charge in [0.05, 0.1) is 31.1 Å². The molecule has 0 unspecified atom stereocenters. The number of ether oxygens (including phenoxy) is 4. The van der Waals surface area contributed by atoms with Gasteiger partial charge in [0, 0.05) is 23.2 Å². The molecule has 2 aliphatic heterocycles. The molecule has 1 amide bonds. The smallest absolute Gasteiger partial charge is 0.231 e. The van der Waals surface area contributed by atoms with Crippen molar-refractivity contribution in [3.8, 4) is 34.3 Å². The minimum atomic E-state index is -0.140. The predicted molar refractivity (Wildman–Crippen MR) is 136 cm³/mol. The second kappa shape index (κ2) is 10.5. The van der Waals surface area contributed by atoms with Gasteiger partial charge in [-0.1, -0.05) is 11.6 Å². The maximum Gasteiger partial charge on any atom is 0.231 e. The van der Waals surface area contributed by atoms with Gasteiger partial charge in [-0.3, -0.25) is 4.79 Å². The highest BCUT2D eigenvalue weighted by molar-refractivity contribution is 6.30. The maximum absolute atomic E-state index is 12.4. The Morgan fingerprint density at radius 3 is 2.65 bits per heavy atom. The van der Waals surface area contributed by atoms with Crippen LogP contribution in [0.1, 0.15) is 12.0 Å². The van der Waals surface area contributed by atoms with E-state index in [1.54, 1.807) is 31.4 Å². The van der Waals surface area contributed by atoms with Crippen molar-refractivity contribution in [1.82, 2.24) is 0 Å². The summed E-state index contributed by atoms with van der Waals surface area (Å²) < 4.78 is 25.1. The average molecular weight is 584 g/mol. The summed E-state index contributed by atoms with van der Waals surface area (Å²) >= 11 is 5.91. The van der Waals surface area contributed by atoms with E-state index in [-0.39, 0.29) is 42.7 Å². The topological polar surface area (TPSA) is 69.9 Å². The second-order valence-corrected chi connectivity index (χ2v) is 9.15. The molecule has 0 spiro atoms. The van der Waals surface area contributed by atoms with E-state index in [0.29, 0.717) is 22.2 Å². The van der Waals surface area contributed by atoms with Crippen LogP contribution in [0.5, 0.6) is 23.0 Å². The number of nitrogens with zero attached hydrogens (tertiary/aromatic N) is 1. The van der Waals surface area contributed by atoms with Crippen LogP contribution in [0.2, 0.25) is 5.02 Å². The van der Waals surface area contributed by atoms with Gasteiger partial charge in [-0.05, 0) is 59.5 Å². The van der Waals surface area contributed by atoms with E-state index in [1.165, 1.54) is 5.56 Å². The number of pyridine rings is 1. The molecule has 3 heterocycles. The van der Waals surface area contributed by atoms with Crippen LogP contribution in [0.25, 0.3) is 22.0 Å². The van der Waals surface area contributed by atoms with Crippen LogP contribution in [0, 0.1) is 0 Å². The zero-order valence-electron chi connectivity index (χ0n) is 20.1. The van der Waals surface area contributed by atoms with Crippen molar-refractivity contribution in [3.63, 3.8) is 0 Å². The summed E-state index contributed by atoms with van der Waals surface area (Å²) in [6.07, 6.45) is 3.19. The first kappa shape index (κ1) is 25.2. The van der Waals surface area contributed by atoms with Crippen molar-refractivity contribution in [2.45, 2.75) is 19.4 Å². The third-order valence-electron chi connectivity index (χ3n) is 6.50. The lowest BCUT2D eigenvalue weighted by Crippen LogP contribution is -3.00. The van der Waals surface area contributed by atoms with E-state index in [2.05, 4.69) is 34.3 Å². The zero-order valence-corrected chi connectivity index (χ0v) is 22.4. The second-order valence-electron chi connectivity index (χ2n) is 8.72. The van der Waals surface area contributed by atoms with Crippen LogP contribution in [-0.2, 0) is 17.8 Å². The largest absolute Gasteiger partial charge is 1.00 e. The lowest BCUT2D eigenvalue weighted by Gasteiger charge is -2.18. The van der Waals surface area contributed by atoms with E-state index in [4.69, 9.17) is 30.5 Å². The number of aromatic nitrogens is 1. The van der Waals surface area contributed by atoms with Gasteiger partial charge >= 0.3 is 0 Å². The molecule has 9 heteroatoms. The van der Waals surface area contributed by atoms with Crippen LogP contribution in [0.3, 0.4) is 0 Å². The summed E-state index contributed by atoms with van der Waals surface area (Å²) in [5.41, 5.74) is 4.19. The van der Waals surface area contributed by atoms with Crippen molar-refractivity contribution >= 4 is 34.0 Å². The summed E-state index contributed by atoms with van der Waals surface area (Å²) in [6, 6.07) is 17.2. The highest BCUT2D eigenvalue weighted by Gasteiger charge is 2.28. The Morgan fingerprint density at radius 1 is 1.08 bits per heavy atom. The highest BCUT2D eigenvalue weighted by Crippen LogP contribution is 2.41. The molecule has 4 aromatic rings. The number of halogens is 2. The van der Waals surface area contributed by atoms with Gasteiger partial charge in [0.1, 0.15) is 0 Å². The summed E-state index contributed by atoms with van der Waals surface area (Å²) in [5.74, 6) is 2.70. The van der Waals surface area contributed by atoms with Crippen LogP contribution in [-0.4, -0.2) is 26.4 Å². The molecular weight excluding hydrogens is 560 g/mol. The molecule has 0 atom stereocenters. The van der Waals surface area contributed by atoms with Crippen molar-refractivity contribution in [2.75, 3.05) is 25.8 Å². The van der Waals surface area contributed by atoms with Crippen LogP contribution in [0.15, 0.2) is 60.8 Å². The number of amides is 1. The van der Waals surface area contributed by atoms with Crippen molar-refractivity contribution in [2.24, 2.45) is 0 Å². The Morgan fingerprint density at radius 2 is 1.86 bits per heavy atom. The lowest BCUT2D eigenvalue weighted by atomic mass is 9.95. The summed E-state index contributed by atoms with van der Waals surface area (Å²) in [4.78, 5) is 12.4. The fraction of sp³-hybridized carbons (Fsp3) is 0.214. The average Bonchev–Trinajstić information content (AvgIpc) is 3.35. The SMILES string of the molecule is COc1ccc2cc3[n+](cc2c1OCCC(=O)Nc1ccc(Cl)cc1)CCc1cc2c(cc1-3)OCO2.[Br-]. The van der Waals surface area contributed by atoms with Crippen LogP contribution < -0.4 is 45.8 Å². The van der Waals surface area contributed by atoms with Gasteiger partial charge in [0.25, 0.3) is 0 Å². The number of fused-ring (bicyclic) bond motifs is 5. The van der Waals surface area contributed by atoms with E-state index in [9.17, 15) is 4.79 Å². The van der Waals surface area contributed by atoms with Gasteiger partial charge in [-0.2, -0.15) is 4.57 Å². The lowest BCUT2D eigenvalue weighted by molar-refractivity contribution is -0.686. The molecular formula is C28H24BrClN2O5. The minimum Gasteiger partial charge on any atom is -1.00 e. The molecule has 0 bridgehead atoms. The Labute approximate surface area is 229 Å². The molecule has 2 aliphatic rings.